The minimum absolute atomic E-state index is 0.0700. The van der Waals surface area contributed by atoms with Gasteiger partial charge in [-0.1, -0.05) is 42.8 Å². The standard InChI is InChI=1S/C21H24ClN3/c1-15-9-11-21(12-10-15)20(23-14-16-5-4-6-17(22)13-16)24-18-7-2-3-8-19(18)25-21/h2-8,13,15,25H,9-12,14H2,1H3,(H,23,24). The molecule has 1 fully saturated rings. The second-order valence-corrected chi connectivity index (χ2v) is 7.79. The summed E-state index contributed by atoms with van der Waals surface area (Å²) in [5.41, 5.74) is 3.26. The molecule has 2 aromatic rings. The zero-order valence-corrected chi connectivity index (χ0v) is 15.3. The van der Waals surface area contributed by atoms with Crippen LogP contribution in [0.15, 0.2) is 53.5 Å². The van der Waals surface area contributed by atoms with E-state index >= 15 is 0 Å². The summed E-state index contributed by atoms with van der Waals surface area (Å²) >= 11 is 6.12. The Morgan fingerprint density at radius 1 is 1.16 bits per heavy atom. The number of hydrogen-bond donors (Lipinski definition) is 2. The van der Waals surface area contributed by atoms with Crippen LogP contribution in [0, 0.1) is 5.92 Å². The van der Waals surface area contributed by atoms with E-state index in [0.29, 0.717) is 0 Å². The van der Waals surface area contributed by atoms with Gasteiger partial charge in [-0.05, 0) is 61.4 Å². The topological polar surface area (TPSA) is 36.4 Å². The van der Waals surface area contributed by atoms with Gasteiger partial charge in [0.2, 0.25) is 0 Å². The van der Waals surface area contributed by atoms with Gasteiger partial charge in [0.15, 0.2) is 0 Å². The third kappa shape index (κ3) is 3.38. The van der Waals surface area contributed by atoms with Gasteiger partial charge in [-0.25, -0.2) is 4.99 Å². The molecule has 1 spiro atoms. The van der Waals surface area contributed by atoms with Gasteiger partial charge in [-0.15, -0.1) is 0 Å². The molecule has 1 heterocycles. The van der Waals surface area contributed by atoms with Gasteiger partial charge in [-0.2, -0.15) is 0 Å². The SMILES string of the molecule is CC1CCC2(CC1)Nc1ccccc1N=C2NCc1cccc(Cl)c1. The van der Waals surface area contributed by atoms with E-state index < -0.39 is 0 Å². The molecule has 0 saturated heterocycles. The minimum atomic E-state index is -0.0700. The number of halogens is 1. The summed E-state index contributed by atoms with van der Waals surface area (Å²) < 4.78 is 0. The highest BCUT2D eigenvalue weighted by atomic mass is 35.5. The smallest absolute Gasteiger partial charge is 0.128 e. The maximum atomic E-state index is 6.12. The predicted octanol–water partition coefficient (Wildman–Crippen LogP) is 5.53. The van der Waals surface area contributed by atoms with E-state index in [9.17, 15) is 0 Å². The number of aliphatic imine (C=N–C) groups is 1. The molecular weight excluding hydrogens is 330 g/mol. The van der Waals surface area contributed by atoms with Gasteiger partial charge in [0.25, 0.3) is 0 Å². The van der Waals surface area contributed by atoms with E-state index in [4.69, 9.17) is 16.6 Å². The van der Waals surface area contributed by atoms with Crippen molar-refractivity contribution in [1.29, 1.82) is 0 Å². The maximum absolute atomic E-state index is 6.12. The van der Waals surface area contributed by atoms with Crippen molar-refractivity contribution in [1.82, 2.24) is 5.32 Å². The number of amidine groups is 1. The first-order chi connectivity index (χ1) is 12.1. The van der Waals surface area contributed by atoms with E-state index in [2.05, 4.69) is 41.8 Å². The number of rotatable bonds is 2. The summed E-state index contributed by atoms with van der Waals surface area (Å²) in [6, 6.07) is 16.3. The molecule has 0 radical (unpaired) electrons. The van der Waals surface area contributed by atoms with Crippen LogP contribution in [0.3, 0.4) is 0 Å². The summed E-state index contributed by atoms with van der Waals surface area (Å²) in [5.74, 6) is 1.86. The lowest BCUT2D eigenvalue weighted by molar-refractivity contribution is 0.318. The highest BCUT2D eigenvalue weighted by Gasteiger charge is 2.41. The van der Waals surface area contributed by atoms with Crippen LogP contribution in [0.1, 0.15) is 38.2 Å². The van der Waals surface area contributed by atoms with Gasteiger partial charge in [0, 0.05) is 11.6 Å². The molecule has 130 valence electrons. The first-order valence-electron chi connectivity index (χ1n) is 9.09. The molecule has 25 heavy (non-hydrogen) atoms. The third-order valence-electron chi connectivity index (χ3n) is 5.44. The highest BCUT2D eigenvalue weighted by Crippen LogP contribution is 2.41. The quantitative estimate of drug-likeness (QED) is 0.744. The van der Waals surface area contributed by atoms with E-state index in [-0.39, 0.29) is 5.54 Å². The van der Waals surface area contributed by atoms with Crippen LogP contribution in [-0.2, 0) is 6.54 Å². The molecule has 4 heteroatoms. The van der Waals surface area contributed by atoms with Crippen LogP contribution >= 0.6 is 11.6 Å². The number of benzene rings is 2. The van der Waals surface area contributed by atoms with Gasteiger partial charge in [0.1, 0.15) is 5.84 Å². The maximum Gasteiger partial charge on any atom is 0.128 e. The monoisotopic (exact) mass is 353 g/mol. The van der Waals surface area contributed by atoms with Crippen LogP contribution in [0.5, 0.6) is 0 Å². The number of nitrogens with zero attached hydrogens (tertiary/aromatic N) is 1. The summed E-state index contributed by atoms with van der Waals surface area (Å²) in [5, 5.41) is 8.19. The molecule has 1 aliphatic carbocycles. The first-order valence-corrected chi connectivity index (χ1v) is 9.47. The Labute approximate surface area is 154 Å². The van der Waals surface area contributed by atoms with Crippen molar-refractivity contribution in [2.45, 2.75) is 44.7 Å². The molecule has 0 bridgehead atoms. The lowest BCUT2D eigenvalue weighted by Crippen LogP contribution is -2.55. The average Bonchev–Trinajstić information content (AvgIpc) is 2.62. The molecular formula is C21H24ClN3. The molecule has 1 saturated carbocycles. The van der Waals surface area contributed by atoms with Crippen molar-refractivity contribution in [3.63, 3.8) is 0 Å². The van der Waals surface area contributed by atoms with Crippen LogP contribution in [0.2, 0.25) is 5.02 Å². The van der Waals surface area contributed by atoms with Crippen molar-refractivity contribution >= 4 is 28.8 Å². The summed E-state index contributed by atoms with van der Waals surface area (Å²) in [4.78, 5) is 4.99. The first kappa shape index (κ1) is 16.5. The minimum Gasteiger partial charge on any atom is -0.371 e. The van der Waals surface area contributed by atoms with Crippen molar-refractivity contribution < 1.29 is 0 Å². The molecule has 4 rings (SSSR count). The molecule has 0 aromatic heterocycles. The van der Waals surface area contributed by atoms with Crippen molar-refractivity contribution in [2.75, 3.05) is 5.32 Å². The van der Waals surface area contributed by atoms with Crippen LogP contribution < -0.4 is 10.6 Å². The fraction of sp³-hybridized carbons (Fsp3) is 0.381. The van der Waals surface area contributed by atoms with Gasteiger partial charge < -0.3 is 10.6 Å². The van der Waals surface area contributed by atoms with Crippen LogP contribution in [0.25, 0.3) is 0 Å². The second kappa shape index (κ2) is 6.72. The molecule has 0 unspecified atom stereocenters. The summed E-state index contributed by atoms with van der Waals surface area (Å²) in [6.07, 6.45) is 4.69. The third-order valence-corrected chi connectivity index (χ3v) is 5.68. The molecule has 2 aliphatic rings. The van der Waals surface area contributed by atoms with E-state index in [1.165, 1.54) is 18.4 Å². The fourth-order valence-electron chi connectivity index (χ4n) is 3.88. The second-order valence-electron chi connectivity index (χ2n) is 7.35. The summed E-state index contributed by atoms with van der Waals surface area (Å²) in [7, 11) is 0. The Balaban J connectivity index is 1.62. The number of para-hydroxylation sites is 2. The molecule has 0 amide bonds. The molecule has 2 aromatic carbocycles. The van der Waals surface area contributed by atoms with E-state index in [0.717, 1.165) is 47.5 Å². The lowest BCUT2D eigenvalue weighted by atomic mass is 9.75. The van der Waals surface area contributed by atoms with E-state index in [1.54, 1.807) is 0 Å². The Hall–Kier alpha value is -2.00. The van der Waals surface area contributed by atoms with Gasteiger partial charge >= 0.3 is 0 Å². The van der Waals surface area contributed by atoms with Crippen LogP contribution in [0.4, 0.5) is 11.4 Å². The Morgan fingerprint density at radius 2 is 1.96 bits per heavy atom. The molecule has 2 N–H and O–H groups in total. The highest BCUT2D eigenvalue weighted by molar-refractivity contribution is 6.30. The number of fused-ring (bicyclic) bond motifs is 1. The van der Waals surface area contributed by atoms with Gasteiger partial charge in [-0.3, -0.25) is 0 Å². The Morgan fingerprint density at radius 3 is 2.76 bits per heavy atom. The molecule has 0 atom stereocenters. The van der Waals surface area contributed by atoms with Crippen LogP contribution in [-0.4, -0.2) is 11.4 Å². The predicted molar refractivity (Wildman–Crippen MR) is 106 cm³/mol. The molecule has 1 aliphatic heterocycles. The lowest BCUT2D eigenvalue weighted by Gasteiger charge is -2.44. The van der Waals surface area contributed by atoms with Crippen molar-refractivity contribution in [3.8, 4) is 0 Å². The number of anilines is 1. The fourth-order valence-corrected chi connectivity index (χ4v) is 4.09. The zero-order chi connectivity index (χ0) is 17.3. The Kier molecular flexibility index (Phi) is 4.43. The van der Waals surface area contributed by atoms with Gasteiger partial charge in [0.05, 0.1) is 16.9 Å². The zero-order valence-electron chi connectivity index (χ0n) is 14.6. The van der Waals surface area contributed by atoms with E-state index in [1.807, 2.05) is 24.3 Å². The largest absolute Gasteiger partial charge is 0.371 e. The number of hydrogen-bond acceptors (Lipinski definition) is 3. The molecule has 3 nitrogen and oxygen atoms in total. The summed E-state index contributed by atoms with van der Waals surface area (Å²) in [6.45, 7) is 3.08. The Bertz CT molecular complexity index is 791. The van der Waals surface area contributed by atoms with Crippen molar-refractivity contribution in [2.24, 2.45) is 10.9 Å². The van der Waals surface area contributed by atoms with Crippen molar-refractivity contribution in [3.05, 3.63) is 59.1 Å². The average molecular weight is 354 g/mol. The number of nitrogens with one attached hydrogen (secondary N) is 2. The normalized spacial score (nSPS) is 25.0.